The first kappa shape index (κ1) is 22.1. The number of halogens is 1. The maximum absolute atomic E-state index is 13.1. The van der Waals surface area contributed by atoms with E-state index >= 15 is 0 Å². The molecule has 0 unspecified atom stereocenters. The molecule has 2 aromatic carbocycles. The molecule has 0 spiro atoms. The molecule has 2 aromatic heterocycles. The quantitative estimate of drug-likeness (QED) is 0.407. The fraction of sp³-hybridized carbons (Fsp3) is 0.192. The summed E-state index contributed by atoms with van der Waals surface area (Å²) in [5, 5.41) is 9.30. The average molecular weight is 474 g/mol. The molecule has 7 nitrogen and oxygen atoms in total. The number of aromatic nitrogens is 3. The molecular formula is C26H24ClN5O2. The molecule has 5 rings (SSSR count). The Hall–Kier alpha value is -3.68. The van der Waals surface area contributed by atoms with Crippen molar-refractivity contribution < 1.29 is 9.59 Å². The van der Waals surface area contributed by atoms with Gasteiger partial charge in [-0.25, -0.2) is 0 Å². The highest BCUT2D eigenvalue weighted by Crippen LogP contribution is 2.40. The van der Waals surface area contributed by atoms with Crippen molar-refractivity contribution >= 4 is 62.6 Å². The molecule has 3 heterocycles. The van der Waals surface area contributed by atoms with Crippen molar-refractivity contribution in [2.75, 3.05) is 20.6 Å². The van der Waals surface area contributed by atoms with Crippen LogP contribution in [0.4, 0.5) is 0 Å². The summed E-state index contributed by atoms with van der Waals surface area (Å²) in [6.07, 6.45) is 4.33. The van der Waals surface area contributed by atoms with E-state index in [1.54, 1.807) is 23.0 Å². The van der Waals surface area contributed by atoms with E-state index in [-0.39, 0.29) is 11.1 Å². The minimum Gasteiger partial charge on any atom is -0.323 e. The molecular weight excluding hydrogens is 450 g/mol. The number of hydrogen-bond acceptors (Lipinski definition) is 4. The molecule has 0 saturated heterocycles. The number of amides is 2. The molecule has 0 radical (unpaired) electrons. The van der Waals surface area contributed by atoms with Crippen LogP contribution in [0.3, 0.4) is 0 Å². The molecule has 8 heteroatoms. The molecule has 0 atom stereocenters. The molecule has 2 amide bonds. The number of rotatable bonds is 7. The summed E-state index contributed by atoms with van der Waals surface area (Å²) in [6, 6.07) is 13.3. The molecule has 4 aromatic rings. The first-order chi connectivity index (χ1) is 16.4. The second-order valence-electron chi connectivity index (χ2n) is 8.55. The van der Waals surface area contributed by atoms with Gasteiger partial charge in [0.1, 0.15) is 5.69 Å². The van der Waals surface area contributed by atoms with Crippen LogP contribution in [0.5, 0.6) is 0 Å². The second-order valence-corrected chi connectivity index (χ2v) is 8.95. The van der Waals surface area contributed by atoms with Crippen LogP contribution < -0.4 is 5.32 Å². The SMILES string of the molecule is C=Cn1cc(C2=C(c3nn(CCCN(C)C)c4ccccc34)C(=O)NC2=O)c2c(Cl)cccc21. The first-order valence-electron chi connectivity index (χ1n) is 11.0. The maximum Gasteiger partial charge on any atom is 0.261 e. The summed E-state index contributed by atoms with van der Waals surface area (Å²) in [6.45, 7) is 5.47. The van der Waals surface area contributed by atoms with Crippen LogP contribution in [0.25, 0.3) is 39.2 Å². The van der Waals surface area contributed by atoms with E-state index in [2.05, 4.69) is 16.8 Å². The Morgan fingerprint density at radius 3 is 2.56 bits per heavy atom. The van der Waals surface area contributed by atoms with Crippen LogP contribution in [-0.4, -0.2) is 51.7 Å². The van der Waals surface area contributed by atoms with Crippen molar-refractivity contribution in [3.63, 3.8) is 0 Å². The molecule has 34 heavy (non-hydrogen) atoms. The maximum atomic E-state index is 13.1. The summed E-state index contributed by atoms with van der Waals surface area (Å²) >= 11 is 6.56. The predicted octanol–water partition coefficient (Wildman–Crippen LogP) is 4.26. The molecule has 1 aliphatic rings. The molecule has 1 N–H and O–H groups in total. The zero-order chi connectivity index (χ0) is 24.0. The van der Waals surface area contributed by atoms with E-state index in [1.165, 1.54) is 0 Å². The number of carbonyl (C=O) groups excluding carboxylic acids is 2. The lowest BCUT2D eigenvalue weighted by atomic mass is 9.97. The number of fused-ring (bicyclic) bond motifs is 2. The van der Waals surface area contributed by atoms with Crippen LogP contribution in [0.15, 0.2) is 55.2 Å². The Labute approximate surface area is 201 Å². The van der Waals surface area contributed by atoms with E-state index < -0.39 is 11.8 Å². The number of carbonyl (C=O) groups is 2. The lowest BCUT2D eigenvalue weighted by Gasteiger charge is -2.09. The summed E-state index contributed by atoms with van der Waals surface area (Å²) in [5.41, 5.74) is 3.32. The third-order valence-corrected chi connectivity index (χ3v) is 6.39. The van der Waals surface area contributed by atoms with Crippen LogP contribution in [0.2, 0.25) is 5.02 Å². The zero-order valence-electron chi connectivity index (χ0n) is 19.0. The third kappa shape index (κ3) is 3.54. The molecule has 172 valence electrons. The van der Waals surface area contributed by atoms with Crippen LogP contribution in [0.1, 0.15) is 17.7 Å². The largest absolute Gasteiger partial charge is 0.323 e. The molecule has 0 fully saturated rings. The summed E-state index contributed by atoms with van der Waals surface area (Å²) < 4.78 is 3.71. The van der Waals surface area contributed by atoms with Crippen molar-refractivity contribution in [2.45, 2.75) is 13.0 Å². The van der Waals surface area contributed by atoms with Gasteiger partial charge in [0.05, 0.1) is 27.2 Å². The lowest BCUT2D eigenvalue weighted by molar-refractivity contribution is -0.122. The molecule has 1 aliphatic heterocycles. The number of benzene rings is 2. The molecule has 0 bridgehead atoms. The van der Waals surface area contributed by atoms with Crippen molar-refractivity contribution in [3.8, 4) is 0 Å². The van der Waals surface area contributed by atoms with Crippen LogP contribution in [0, 0.1) is 0 Å². The summed E-state index contributed by atoms with van der Waals surface area (Å²) in [4.78, 5) is 28.3. The normalized spacial score (nSPS) is 14.1. The van der Waals surface area contributed by atoms with Gasteiger partial charge in [0.2, 0.25) is 0 Å². The standard InChI is InChI=1S/C26H24ClN5O2/c1-4-31-15-17(21-18(27)10-7-12-20(21)31)22-23(26(34)28-25(22)33)24-16-9-5-6-11-19(16)32(29-24)14-8-13-30(2)3/h4-7,9-12,15H,1,8,13-14H2,2-3H3,(H,28,33,34). The summed E-state index contributed by atoms with van der Waals surface area (Å²) in [5.74, 6) is -0.926. The third-order valence-electron chi connectivity index (χ3n) is 6.07. The van der Waals surface area contributed by atoms with Crippen molar-refractivity contribution in [1.82, 2.24) is 24.6 Å². The van der Waals surface area contributed by atoms with Gasteiger partial charge in [0, 0.05) is 35.3 Å². The van der Waals surface area contributed by atoms with Gasteiger partial charge in [-0.3, -0.25) is 19.6 Å². The Kier molecular flexibility index (Phi) is 5.59. The zero-order valence-corrected chi connectivity index (χ0v) is 19.8. The Morgan fingerprint density at radius 2 is 1.79 bits per heavy atom. The summed E-state index contributed by atoms with van der Waals surface area (Å²) in [7, 11) is 4.06. The van der Waals surface area contributed by atoms with E-state index in [0.29, 0.717) is 28.2 Å². The van der Waals surface area contributed by atoms with Gasteiger partial charge < -0.3 is 9.47 Å². The fourth-order valence-corrected chi connectivity index (χ4v) is 4.84. The van der Waals surface area contributed by atoms with Crippen molar-refractivity contribution in [1.29, 1.82) is 0 Å². The van der Waals surface area contributed by atoms with E-state index in [1.807, 2.05) is 55.2 Å². The van der Waals surface area contributed by atoms with Gasteiger partial charge in [-0.2, -0.15) is 5.10 Å². The van der Waals surface area contributed by atoms with Gasteiger partial charge in [-0.15, -0.1) is 0 Å². The monoisotopic (exact) mass is 473 g/mol. The van der Waals surface area contributed by atoms with E-state index in [0.717, 1.165) is 29.4 Å². The number of para-hydroxylation sites is 1. The van der Waals surface area contributed by atoms with Gasteiger partial charge in [0.15, 0.2) is 0 Å². The van der Waals surface area contributed by atoms with Crippen LogP contribution in [-0.2, 0) is 16.1 Å². The lowest BCUT2D eigenvalue weighted by Crippen LogP contribution is -2.22. The highest BCUT2D eigenvalue weighted by atomic mass is 35.5. The number of hydrogen-bond donors (Lipinski definition) is 1. The van der Waals surface area contributed by atoms with Crippen molar-refractivity contribution in [2.24, 2.45) is 0 Å². The molecule has 0 aliphatic carbocycles. The molecule has 0 saturated carbocycles. The average Bonchev–Trinajstić information content (AvgIpc) is 3.45. The minimum atomic E-state index is -0.464. The highest BCUT2D eigenvalue weighted by Gasteiger charge is 2.36. The van der Waals surface area contributed by atoms with E-state index in [4.69, 9.17) is 16.7 Å². The van der Waals surface area contributed by atoms with Gasteiger partial charge in [-0.1, -0.05) is 42.4 Å². The number of nitrogens with zero attached hydrogens (tertiary/aromatic N) is 4. The second kappa shape index (κ2) is 8.59. The van der Waals surface area contributed by atoms with Crippen molar-refractivity contribution in [3.05, 3.63) is 71.5 Å². The van der Waals surface area contributed by atoms with Crippen LogP contribution >= 0.6 is 11.6 Å². The van der Waals surface area contributed by atoms with E-state index in [9.17, 15) is 9.59 Å². The highest BCUT2D eigenvalue weighted by molar-refractivity contribution is 6.51. The number of nitrogens with one attached hydrogen (secondary N) is 1. The van der Waals surface area contributed by atoms with Gasteiger partial charge >= 0.3 is 0 Å². The van der Waals surface area contributed by atoms with Gasteiger partial charge in [0.25, 0.3) is 11.8 Å². The first-order valence-corrected chi connectivity index (χ1v) is 11.4. The Balaban J connectivity index is 1.76. The fourth-order valence-electron chi connectivity index (χ4n) is 4.57. The topological polar surface area (TPSA) is 72.2 Å². The number of imide groups is 1. The minimum absolute atomic E-state index is 0.260. The smallest absolute Gasteiger partial charge is 0.261 e. The Morgan fingerprint density at radius 1 is 1.06 bits per heavy atom. The predicted molar refractivity (Wildman–Crippen MR) is 136 cm³/mol. The Bertz CT molecular complexity index is 1510. The number of aryl methyl sites for hydroxylation is 1. The van der Waals surface area contributed by atoms with Gasteiger partial charge in [-0.05, 0) is 45.3 Å².